The van der Waals surface area contributed by atoms with E-state index in [0.29, 0.717) is 0 Å². The maximum Gasteiger partial charge on any atom is 0.322 e. The molecule has 3 nitrogen and oxygen atoms in total. The van der Waals surface area contributed by atoms with Crippen LogP contribution >= 0.6 is 0 Å². The van der Waals surface area contributed by atoms with Gasteiger partial charge in [-0.2, -0.15) is 0 Å². The minimum Gasteiger partial charge on any atom is -0.480 e. The van der Waals surface area contributed by atoms with Gasteiger partial charge in [-0.25, -0.2) is 0 Å². The van der Waals surface area contributed by atoms with E-state index in [1.54, 1.807) is 6.08 Å². The second kappa shape index (κ2) is 4.55. The first-order valence-corrected chi connectivity index (χ1v) is 3.33. The number of carboxylic acid groups (broad SMARTS) is 1. The molecule has 0 rings (SSSR count). The Labute approximate surface area is 66.4 Å². The van der Waals surface area contributed by atoms with Crippen molar-refractivity contribution in [1.82, 2.24) is 5.32 Å². The minimum absolute atomic E-state index is 0.0630. The topological polar surface area (TPSA) is 49.3 Å². The molecule has 0 aliphatic rings. The fourth-order valence-electron chi connectivity index (χ4n) is 0.624. The van der Waals surface area contributed by atoms with Crippen molar-refractivity contribution in [3.05, 3.63) is 23.9 Å². The predicted molar refractivity (Wildman–Crippen MR) is 44.2 cm³/mol. The van der Waals surface area contributed by atoms with Crippen molar-refractivity contribution in [3.63, 3.8) is 0 Å². The molecule has 0 aromatic heterocycles. The molecule has 0 aliphatic heterocycles. The summed E-state index contributed by atoms with van der Waals surface area (Å²) in [4.78, 5) is 10.1. The summed E-state index contributed by atoms with van der Waals surface area (Å²) in [5.41, 5.74) is 1.81. The quantitative estimate of drug-likeness (QED) is 0.598. The molecule has 62 valence electrons. The normalized spacial score (nSPS) is 8.55. The molecule has 11 heavy (non-hydrogen) atoms. The van der Waals surface area contributed by atoms with Gasteiger partial charge in [0.05, 0.1) is 0 Å². The van der Waals surface area contributed by atoms with Crippen LogP contribution in [0.25, 0.3) is 0 Å². The number of hydrogen-bond acceptors (Lipinski definition) is 2. The molecule has 0 aromatic rings. The van der Waals surface area contributed by atoms with Crippen molar-refractivity contribution < 1.29 is 9.90 Å². The van der Waals surface area contributed by atoms with Gasteiger partial charge >= 0.3 is 5.97 Å². The standard InChI is InChI=1S/C8H13NO2/c1-4-7(6(2)3)9-5-8(10)11/h4,9H,1,5H2,2-3H3,(H,10,11). The molecule has 0 radical (unpaired) electrons. The molecule has 0 atom stereocenters. The molecular weight excluding hydrogens is 142 g/mol. The summed E-state index contributed by atoms with van der Waals surface area (Å²) in [7, 11) is 0. The maximum atomic E-state index is 10.1. The highest BCUT2D eigenvalue weighted by Gasteiger charge is 1.97. The van der Waals surface area contributed by atoms with Gasteiger partial charge in [-0.05, 0) is 19.9 Å². The van der Waals surface area contributed by atoms with Crippen molar-refractivity contribution in [1.29, 1.82) is 0 Å². The zero-order chi connectivity index (χ0) is 8.85. The predicted octanol–water partition coefficient (Wildman–Crippen LogP) is 1.14. The van der Waals surface area contributed by atoms with Gasteiger partial charge in [0.15, 0.2) is 0 Å². The average molecular weight is 155 g/mol. The Hall–Kier alpha value is -1.25. The Balaban J connectivity index is 4.01. The fraction of sp³-hybridized carbons (Fsp3) is 0.375. The molecule has 0 unspecified atom stereocenters. The highest BCUT2D eigenvalue weighted by Crippen LogP contribution is 1.98. The van der Waals surface area contributed by atoms with Crippen molar-refractivity contribution in [2.45, 2.75) is 13.8 Å². The van der Waals surface area contributed by atoms with Crippen LogP contribution in [0.3, 0.4) is 0 Å². The highest BCUT2D eigenvalue weighted by molar-refractivity contribution is 5.69. The Morgan fingerprint density at radius 1 is 1.64 bits per heavy atom. The van der Waals surface area contributed by atoms with E-state index in [4.69, 9.17) is 5.11 Å². The largest absolute Gasteiger partial charge is 0.480 e. The molecule has 0 saturated heterocycles. The van der Waals surface area contributed by atoms with Crippen LogP contribution in [-0.2, 0) is 4.79 Å². The zero-order valence-electron chi connectivity index (χ0n) is 6.85. The van der Waals surface area contributed by atoms with Crippen molar-refractivity contribution in [2.75, 3.05) is 6.54 Å². The van der Waals surface area contributed by atoms with Gasteiger partial charge in [-0.1, -0.05) is 12.2 Å². The molecule has 0 saturated carbocycles. The molecule has 0 spiro atoms. The molecule has 0 aliphatic carbocycles. The van der Waals surface area contributed by atoms with E-state index in [9.17, 15) is 4.79 Å². The third kappa shape index (κ3) is 4.19. The van der Waals surface area contributed by atoms with Crippen LogP contribution in [-0.4, -0.2) is 17.6 Å². The summed E-state index contributed by atoms with van der Waals surface area (Å²) in [6.07, 6.45) is 1.61. The summed E-state index contributed by atoms with van der Waals surface area (Å²) in [5, 5.41) is 11.1. The monoisotopic (exact) mass is 155 g/mol. The minimum atomic E-state index is -0.870. The molecule has 2 N–H and O–H groups in total. The third-order valence-electron chi connectivity index (χ3n) is 1.17. The smallest absolute Gasteiger partial charge is 0.322 e. The molecule has 0 aromatic carbocycles. The number of allylic oxidation sites excluding steroid dienone is 2. The fourth-order valence-corrected chi connectivity index (χ4v) is 0.624. The molecular formula is C8H13NO2. The van der Waals surface area contributed by atoms with Crippen LogP contribution in [0.1, 0.15) is 13.8 Å². The molecule has 0 bridgehead atoms. The van der Waals surface area contributed by atoms with Crippen LogP contribution in [0.15, 0.2) is 23.9 Å². The summed E-state index contributed by atoms with van der Waals surface area (Å²) in [6.45, 7) is 7.27. The van der Waals surface area contributed by atoms with Crippen molar-refractivity contribution >= 4 is 5.97 Å². The first-order chi connectivity index (χ1) is 5.07. The Morgan fingerprint density at radius 3 is 2.45 bits per heavy atom. The summed E-state index contributed by atoms with van der Waals surface area (Å²) < 4.78 is 0. The average Bonchev–Trinajstić information content (AvgIpc) is 1.87. The van der Waals surface area contributed by atoms with Gasteiger partial charge in [-0.3, -0.25) is 4.79 Å². The van der Waals surface area contributed by atoms with Gasteiger partial charge in [0, 0.05) is 5.70 Å². The van der Waals surface area contributed by atoms with E-state index in [0.717, 1.165) is 11.3 Å². The van der Waals surface area contributed by atoms with E-state index < -0.39 is 5.97 Å². The number of carbonyl (C=O) groups is 1. The second-order valence-corrected chi connectivity index (χ2v) is 2.37. The van der Waals surface area contributed by atoms with E-state index in [1.165, 1.54) is 0 Å². The summed E-state index contributed by atoms with van der Waals surface area (Å²) in [6, 6.07) is 0. The molecule has 0 heterocycles. The van der Waals surface area contributed by atoms with E-state index in [2.05, 4.69) is 11.9 Å². The van der Waals surface area contributed by atoms with Gasteiger partial charge in [-0.15, -0.1) is 0 Å². The maximum absolute atomic E-state index is 10.1. The SMILES string of the molecule is C=CC(NCC(=O)O)=C(C)C. The first kappa shape index (κ1) is 9.75. The number of carboxylic acids is 1. The van der Waals surface area contributed by atoms with Crippen LogP contribution in [0, 0.1) is 0 Å². The second-order valence-electron chi connectivity index (χ2n) is 2.37. The summed E-state index contributed by atoms with van der Waals surface area (Å²) in [5.74, 6) is -0.870. The van der Waals surface area contributed by atoms with Crippen LogP contribution in [0.2, 0.25) is 0 Å². The van der Waals surface area contributed by atoms with E-state index in [1.807, 2.05) is 13.8 Å². The lowest BCUT2D eigenvalue weighted by Gasteiger charge is -2.05. The lowest BCUT2D eigenvalue weighted by molar-refractivity contribution is -0.135. The van der Waals surface area contributed by atoms with Gasteiger partial charge in [0.1, 0.15) is 6.54 Å². The Morgan fingerprint density at radius 2 is 2.18 bits per heavy atom. The van der Waals surface area contributed by atoms with Crippen LogP contribution < -0.4 is 5.32 Å². The van der Waals surface area contributed by atoms with E-state index in [-0.39, 0.29) is 6.54 Å². The van der Waals surface area contributed by atoms with Crippen molar-refractivity contribution in [2.24, 2.45) is 0 Å². The van der Waals surface area contributed by atoms with Crippen LogP contribution in [0.5, 0.6) is 0 Å². The Kier molecular flexibility index (Phi) is 4.03. The van der Waals surface area contributed by atoms with E-state index >= 15 is 0 Å². The Bertz CT molecular complexity index is 190. The molecule has 3 heteroatoms. The van der Waals surface area contributed by atoms with Gasteiger partial charge < -0.3 is 10.4 Å². The number of nitrogens with one attached hydrogen (secondary N) is 1. The van der Waals surface area contributed by atoms with Gasteiger partial charge in [0.25, 0.3) is 0 Å². The molecule has 0 amide bonds. The van der Waals surface area contributed by atoms with Gasteiger partial charge in [0.2, 0.25) is 0 Å². The third-order valence-corrected chi connectivity index (χ3v) is 1.17. The molecule has 0 fully saturated rings. The number of rotatable bonds is 4. The summed E-state index contributed by atoms with van der Waals surface area (Å²) >= 11 is 0. The zero-order valence-corrected chi connectivity index (χ0v) is 6.85. The number of hydrogen-bond donors (Lipinski definition) is 2. The lowest BCUT2D eigenvalue weighted by Crippen LogP contribution is -2.21. The first-order valence-electron chi connectivity index (χ1n) is 3.33. The lowest BCUT2D eigenvalue weighted by atomic mass is 10.2. The van der Waals surface area contributed by atoms with Crippen LogP contribution in [0.4, 0.5) is 0 Å². The number of aliphatic carboxylic acids is 1. The van der Waals surface area contributed by atoms with Crippen molar-refractivity contribution in [3.8, 4) is 0 Å². The highest BCUT2D eigenvalue weighted by atomic mass is 16.4.